The Labute approximate surface area is 217 Å². The maximum atomic E-state index is 13.5. The van der Waals surface area contributed by atoms with Crippen LogP contribution in [0.3, 0.4) is 0 Å². The molecule has 1 aromatic heterocycles. The van der Waals surface area contributed by atoms with Crippen LogP contribution in [-0.4, -0.2) is 34.6 Å². The Morgan fingerprint density at radius 3 is 2.41 bits per heavy atom. The highest BCUT2D eigenvalue weighted by atomic mass is 16.5. The molecule has 1 aliphatic rings. The van der Waals surface area contributed by atoms with E-state index in [9.17, 15) is 9.59 Å². The Morgan fingerprint density at radius 2 is 1.68 bits per heavy atom. The number of esters is 1. The molecule has 1 unspecified atom stereocenters. The van der Waals surface area contributed by atoms with Crippen LogP contribution in [0.4, 0.5) is 0 Å². The van der Waals surface area contributed by atoms with Crippen LogP contribution in [-0.2, 0) is 4.74 Å². The third-order valence-corrected chi connectivity index (χ3v) is 7.36. The second-order valence-corrected chi connectivity index (χ2v) is 9.68. The molecular formula is C31H33N3O3. The number of benzene rings is 3. The number of nitrogens with one attached hydrogen (secondary N) is 1. The molecule has 1 saturated carbocycles. The van der Waals surface area contributed by atoms with Crippen molar-refractivity contribution in [2.75, 3.05) is 7.11 Å². The molecule has 0 aliphatic heterocycles. The predicted octanol–water partition coefficient (Wildman–Crippen LogP) is 6.55. The SMILES string of the molecule is CCC(c1ccccc1C(=O)NC1CCCCC1)n1c(-c2ccc(C(=O)OC)cc2)nc2ccccc21. The van der Waals surface area contributed by atoms with Crippen molar-refractivity contribution in [1.29, 1.82) is 0 Å². The molecule has 37 heavy (non-hydrogen) atoms. The number of para-hydroxylation sites is 2. The van der Waals surface area contributed by atoms with Crippen molar-refractivity contribution >= 4 is 22.9 Å². The smallest absolute Gasteiger partial charge is 0.337 e. The molecule has 6 heteroatoms. The van der Waals surface area contributed by atoms with Crippen molar-refractivity contribution in [3.05, 3.63) is 89.5 Å². The van der Waals surface area contributed by atoms with Crippen LogP contribution in [0.15, 0.2) is 72.8 Å². The van der Waals surface area contributed by atoms with E-state index in [0.29, 0.717) is 11.1 Å². The predicted molar refractivity (Wildman–Crippen MR) is 146 cm³/mol. The van der Waals surface area contributed by atoms with Crippen molar-refractivity contribution in [3.63, 3.8) is 0 Å². The van der Waals surface area contributed by atoms with Crippen molar-refractivity contribution < 1.29 is 14.3 Å². The first-order valence-corrected chi connectivity index (χ1v) is 13.2. The molecule has 1 fully saturated rings. The molecular weight excluding hydrogens is 462 g/mol. The number of methoxy groups -OCH3 is 1. The number of aromatic nitrogens is 2. The molecule has 1 atom stereocenters. The molecule has 0 bridgehead atoms. The number of hydrogen-bond acceptors (Lipinski definition) is 4. The molecule has 4 aromatic rings. The lowest BCUT2D eigenvalue weighted by molar-refractivity contribution is 0.0600. The van der Waals surface area contributed by atoms with Crippen molar-refractivity contribution in [3.8, 4) is 11.4 Å². The highest BCUT2D eigenvalue weighted by Crippen LogP contribution is 2.35. The molecule has 1 N–H and O–H groups in total. The van der Waals surface area contributed by atoms with Crippen LogP contribution in [0.1, 0.15) is 77.8 Å². The van der Waals surface area contributed by atoms with Gasteiger partial charge in [-0.3, -0.25) is 4.79 Å². The van der Waals surface area contributed by atoms with Gasteiger partial charge in [0.1, 0.15) is 5.82 Å². The van der Waals surface area contributed by atoms with Gasteiger partial charge in [0.25, 0.3) is 5.91 Å². The topological polar surface area (TPSA) is 73.2 Å². The van der Waals surface area contributed by atoms with Crippen LogP contribution in [0.5, 0.6) is 0 Å². The summed E-state index contributed by atoms with van der Waals surface area (Å²) in [5.41, 5.74) is 4.97. The minimum absolute atomic E-state index is 0.00523. The number of nitrogens with zero attached hydrogens (tertiary/aromatic N) is 2. The van der Waals surface area contributed by atoms with Crippen molar-refractivity contribution in [2.45, 2.75) is 57.5 Å². The highest BCUT2D eigenvalue weighted by Gasteiger charge is 2.26. The standard InChI is InChI=1S/C31H33N3O3/c1-3-27(24-13-7-8-14-25(24)30(35)32-23-11-5-4-6-12-23)34-28-16-10-9-15-26(28)33-29(34)21-17-19-22(20-18-21)31(36)37-2/h7-10,13-20,23,27H,3-6,11-12H2,1-2H3,(H,32,35). The summed E-state index contributed by atoms with van der Waals surface area (Å²) in [6.07, 6.45) is 6.46. The summed E-state index contributed by atoms with van der Waals surface area (Å²) in [6, 6.07) is 23.5. The lowest BCUT2D eigenvalue weighted by atomic mass is 9.93. The number of ether oxygens (including phenoxy) is 1. The lowest BCUT2D eigenvalue weighted by Gasteiger charge is -2.26. The van der Waals surface area contributed by atoms with Gasteiger partial charge in [0, 0.05) is 17.2 Å². The number of hydrogen-bond donors (Lipinski definition) is 1. The first-order valence-electron chi connectivity index (χ1n) is 13.2. The Morgan fingerprint density at radius 1 is 0.973 bits per heavy atom. The zero-order valence-electron chi connectivity index (χ0n) is 21.4. The van der Waals surface area contributed by atoms with Crippen molar-refractivity contribution in [2.24, 2.45) is 0 Å². The normalized spacial score (nSPS) is 14.9. The quantitative estimate of drug-likeness (QED) is 0.295. The summed E-state index contributed by atoms with van der Waals surface area (Å²) in [4.78, 5) is 30.5. The summed E-state index contributed by atoms with van der Waals surface area (Å²) in [7, 11) is 1.38. The molecule has 6 nitrogen and oxygen atoms in total. The van der Waals surface area contributed by atoms with Gasteiger partial charge in [-0.15, -0.1) is 0 Å². The molecule has 0 spiro atoms. The lowest BCUT2D eigenvalue weighted by Crippen LogP contribution is -2.37. The van der Waals surface area contributed by atoms with Gasteiger partial charge in [0.15, 0.2) is 0 Å². The minimum atomic E-state index is -0.371. The number of imidazole rings is 1. The van der Waals surface area contributed by atoms with E-state index in [4.69, 9.17) is 9.72 Å². The highest BCUT2D eigenvalue weighted by molar-refractivity contribution is 5.96. The molecule has 190 valence electrons. The Bertz CT molecular complexity index is 1400. The fourth-order valence-corrected chi connectivity index (χ4v) is 5.48. The average Bonchev–Trinajstić information content (AvgIpc) is 3.33. The van der Waals surface area contributed by atoms with Crippen molar-refractivity contribution in [1.82, 2.24) is 14.9 Å². The van der Waals surface area contributed by atoms with E-state index in [1.807, 2.05) is 48.5 Å². The zero-order valence-corrected chi connectivity index (χ0v) is 21.4. The van der Waals surface area contributed by atoms with Crippen LogP contribution in [0.2, 0.25) is 0 Å². The zero-order chi connectivity index (χ0) is 25.8. The fourth-order valence-electron chi connectivity index (χ4n) is 5.48. The van der Waals surface area contributed by atoms with Gasteiger partial charge in [-0.05, 0) is 55.2 Å². The van der Waals surface area contributed by atoms with E-state index < -0.39 is 0 Å². The summed E-state index contributed by atoms with van der Waals surface area (Å²) < 4.78 is 7.09. The second kappa shape index (κ2) is 11.0. The average molecular weight is 496 g/mol. The van der Waals surface area contributed by atoms with E-state index in [2.05, 4.69) is 28.9 Å². The molecule has 3 aromatic carbocycles. The summed E-state index contributed by atoms with van der Waals surface area (Å²) >= 11 is 0. The Kier molecular flexibility index (Phi) is 7.35. The van der Waals surface area contributed by atoms with E-state index in [1.54, 1.807) is 12.1 Å². The van der Waals surface area contributed by atoms with Gasteiger partial charge in [0.05, 0.1) is 29.7 Å². The Hall–Kier alpha value is -3.93. The van der Waals surface area contributed by atoms with Gasteiger partial charge in [-0.1, -0.05) is 68.7 Å². The third kappa shape index (κ3) is 5.01. The maximum absolute atomic E-state index is 13.5. The van der Waals surface area contributed by atoms with Crippen LogP contribution < -0.4 is 5.32 Å². The van der Waals surface area contributed by atoms with E-state index in [0.717, 1.165) is 47.2 Å². The van der Waals surface area contributed by atoms with Crippen LogP contribution in [0.25, 0.3) is 22.4 Å². The fraction of sp³-hybridized carbons (Fsp3) is 0.323. The van der Waals surface area contributed by atoms with Crippen LogP contribution in [0, 0.1) is 0 Å². The Balaban J connectivity index is 1.59. The van der Waals surface area contributed by atoms with Gasteiger partial charge in [-0.25, -0.2) is 9.78 Å². The minimum Gasteiger partial charge on any atom is -0.465 e. The van der Waals surface area contributed by atoms with E-state index in [1.165, 1.54) is 26.4 Å². The number of fused-ring (bicyclic) bond motifs is 1. The monoisotopic (exact) mass is 495 g/mol. The molecule has 5 rings (SSSR count). The third-order valence-electron chi connectivity index (χ3n) is 7.36. The first kappa shape index (κ1) is 24.8. The second-order valence-electron chi connectivity index (χ2n) is 9.68. The number of rotatable bonds is 7. The largest absolute Gasteiger partial charge is 0.465 e. The summed E-state index contributed by atoms with van der Waals surface area (Å²) in [5, 5.41) is 3.30. The molecule has 1 heterocycles. The summed E-state index contributed by atoms with van der Waals surface area (Å²) in [6.45, 7) is 2.14. The number of carbonyl (C=O) groups excluding carboxylic acids is 2. The van der Waals surface area contributed by atoms with Gasteiger partial charge in [-0.2, -0.15) is 0 Å². The van der Waals surface area contributed by atoms with Crippen LogP contribution >= 0.6 is 0 Å². The van der Waals surface area contributed by atoms with E-state index >= 15 is 0 Å². The first-order chi connectivity index (χ1) is 18.1. The van der Waals surface area contributed by atoms with Gasteiger partial charge >= 0.3 is 5.97 Å². The number of amides is 1. The molecule has 0 saturated heterocycles. The maximum Gasteiger partial charge on any atom is 0.337 e. The molecule has 1 aliphatic carbocycles. The summed E-state index contributed by atoms with van der Waals surface area (Å²) in [5.74, 6) is 0.422. The molecule has 1 amide bonds. The molecule has 0 radical (unpaired) electrons. The van der Waals surface area contributed by atoms with E-state index in [-0.39, 0.29) is 24.0 Å². The van der Waals surface area contributed by atoms with Gasteiger partial charge < -0.3 is 14.6 Å². The van der Waals surface area contributed by atoms with Gasteiger partial charge in [0.2, 0.25) is 0 Å². The number of carbonyl (C=O) groups is 2.